The SMILES string of the molecule is CCC(CCNC(=O)CC(C)(C)C)CCC(=O)O. The predicted molar refractivity (Wildman–Crippen MR) is 72.3 cm³/mol. The van der Waals surface area contributed by atoms with Crippen LogP contribution < -0.4 is 5.32 Å². The van der Waals surface area contributed by atoms with Crippen molar-refractivity contribution in [1.82, 2.24) is 5.32 Å². The van der Waals surface area contributed by atoms with E-state index in [9.17, 15) is 9.59 Å². The van der Waals surface area contributed by atoms with Crippen molar-refractivity contribution in [2.24, 2.45) is 11.3 Å². The number of rotatable bonds is 8. The minimum Gasteiger partial charge on any atom is -0.481 e. The molecule has 0 saturated carbocycles. The quantitative estimate of drug-likeness (QED) is 0.702. The van der Waals surface area contributed by atoms with Crippen LogP contribution in [0.3, 0.4) is 0 Å². The molecule has 1 atom stereocenters. The lowest BCUT2D eigenvalue weighted by Gasteiger charge is -2.18. The van der Waals surface area contributed by atoms with Crippen LogP contribution >= 0.6 is 0 Å². The van der Waals surface area contributed by atoms with Crippen LogP contribution in [0.25, 0.3) is 0 Å². The van der Waals surface area contributed by atoms with Crippen LogP contribution in [-0.2, 0) is 9.59 Å². The molecule has 0 aromatic rings. The van der Waals surface area contributed by atoms with E-state index in [1.54, 1.807) is 0 Å². The van der Waals surface area contributed by atoms with E-state index in [0.717, 1.165) is 12.8 Å². The highest BCUT2D eigenvalue weighted by atomic mass is 16.4. The number of aliphatic carboxylic acids is 1. The summed E-state index contributed by atoms with van der Waals surface area (Å²) in [6.07, 6.45) is 3.26. The molecule has 18 heavy (non-hydrogen) atoms. The Hall–Kier alpha value is -1.06. The van der Waals surface area contributed by atoms with Crippen molar-refractivity contribution in [3.8, 4) is 0 Å². The smallest absolute Gasteiger partial charge is 0.303 e. The highest BCUT2D eigenvalue weighted by Gasteiger charge is 2.16. The Kier molecular flexibility index (Phi) is 7.64. The minimum absolute atomic E-state index is 0.0115. The highest BCUT2D eigenvalue weighted by Crippen LogP contribution is 2.18. The maximum atomic E-state index is 11.6. The first-order valence-electron chi connectivity index (χ1n) is 6.73. The molecule has 0 bridgehead atoms. The molecule has 0 aliphatic carbocycles. The number of nitrogens with one attached hydrogen (secondary N) is 1. The van der Waals surface area contributed by atoms with Crippen LogP contribution in [0.5, 0.6) is 0 Å². The Morgan fingerprint density at radius 2 is 1.83 bits per heavy atom. The molecule has 0 saturated heterocycles. The van der Waals surface area contributed by atoms with E-state index >= 15 is 0 Å². The molecule has 0 fully saturated rings. The van der Waals surface area contributed by atoms with E-state index < -0.39 is 5.97 Å². The van der Waals surface area contributed by atoms with Gasteiger partial charge in [-0.25, -0.2) is 0 Å². The zero-order valence-corrected chi connectivity index (χ0v) is 12.1. The second-order valence-corrected chi connectivity index (χ2v) is 6.08. The van der Waals surface area contributed by atoms with E-state index in [1.807, 2.05) is 20.8 Å². The van der Waals surface area contributed by atoms with Crippen molar-refractivity contribution in [2.45, 2.75) is 59.8 Å². The lowest BCUT2D eigenvalue weighted by atomic mass is 9.92. The number of amides is 1. The van der Waals surface area contributed by atoms with Crippen LogP contribution in [-0.4, -0.2) is 23.5 Å². The van der Waals surface area contributed by atoms with Gasteiger partial charge in [0.25, 0.3) is 0 Å². The van der Waals surface area contributed by atoms with Gasteiger partial charge in [-0.15, -0.1) is 0 Å². The summed E-state index contributed by atoms with van der Waals surface area (Å²) in [7, 11) is 0. The normalized spacial score (nSPS) is 13.1. The molecule has 0 aromatic carbocycles. The van der Waals surface area contributed by atoms with Crippen molar-refractivity contribution >= 4 is 11.9 Å². The molecule has 0 aliphatic heterocycles. The van der Waals surface area contributed by atoms with E-state index in [-0.39, 0.29) is 17.7 Å². The van der Waals surface area contributed by atoms with Gasteiger partial charge in [-0.05, 0) is 24.2 Å². The van der Waals surface area contributed by atoms with Crippen LogP contribution in [0.15, 0.2) is 0 Å². The van der Waals surface area contributed by atoms with Gasteiger partial charge in [-0.1, -0.05) is 34.1 Å². The van der Waals surface area contributed by atoms with Gasteiger partial charge in [0.15, 0.2) is 0 Å². The van der Waals surface area contributed by atoms with Gasteiger partial charge in [0.1, 0.15) is 0 Å². The maximum absolute atomic E-state index is 11.6. The number of hydrogen-bond acceptors (Lipinski definition) is 2. The first-order valence-corrected chi connectivity index (χ1v) is 6.73. The van der Waals surface area contributed by atoms with Gasteiger partial charge in [-0.2, -0.15) is 0 Å². The molecule has 0 heterocycles. The molecule has 4 heteroatoms. The maximum Gasteiger partial charge on any atom is 0.303 e. The summed E-state index contributed by atoms with van der Waals surface area (Å²) in [5, 5.41) is 11.5. The third-order valence-corrected chi connectivity index (χ3v) is 2.91. The molecule has 106 valence electrons. The predicted octanol–water partition coefficient (Wildman–Crippen LogP) is 2.82. The van der Waals surface area contributed by atoms with E-state index in [4.69, 9.17) is 5.11 Å². The molecular formula is C14H27NO3. The van der Waals surface area contributed by atoms with E-state index in [0.29, 0.717) is 25.3 Å². The lowest BCUT2D eigenvalue weighted by molar-refractivity contribution is -0.137. The second kappa shape index (κ2) is 8.11. The molecule has 0 rings (SSSR count). The summed E-state index contributed by atoms with van der Waals surface area (Å²) in [5.41, 5.74) is 0.0115. The van der Waals surface area contributed by atoms with Crippen molar-refractivity contribution in [3.63, 3.8) is 0 Å². The average Bonchev–Trinajstić information content (AvgIpc) is 2.20. The number of carboxylic acid groups (broad SMARTS) is 1. The molecule has 0 aliphatic rings. The van der Waals surface area contributed by atoms with Crippen molar-refractivity contribution in [3.05, 3.63) is 0 Å². The molecule has 2 N–H and O–H groups in total. The fraction of sp³-hybridized carbons (Fsp3) is 0.857. The number of carbonyl (C=O) groups excluding carboxylic acids is 1. The minimum atomic E-state index is -0.745. The van der Waals surface area contributed by atoms with Gasteiger partial charge in [0, 0.05) is 19.4 Å². The van der Waals surface area contributed by atoms with Gasteiger partial charge in [-0.3, -0.25) is 9.59 Å². The summed E-state index contributed by atoms with van der Waals surface area (Å²) in [6, 6.07) is 0. The summed E-state index contributed by atoms with van der Waals surface area (Å²) in [4.78, 5) is 22.1. The van der Waals surface area contributed by atoms with Gasteiger partial charge in [0.2, 0.25) is 5.91 Å². The van der Waals surface area contributed by atoms with Gasteiger partial charge >= 0.3 is 5.97 Å². The molecule has 0 spiro atoms. The molecule has 0 radical (unpaired) electrons. The Labute approximate surface area is 110 Å². The van der Waals surface area contributed by atoms with Crippen LogP contribution in [0.4, 0.5) is 0 Å². The second-order valence-electron chi connectivity index (χ2n) is 6.08. The summed E-state index contributed by atoms with van der Waals surface area (Å²) in [5.74, 6) is -0.281. The molecule has 1 amide bonds. The zero-order valence-electron chi connectivity index (χ0n) is 12.1. The first-order chi connectivity index (χ1) is 8.24. The Bertz CT molecular complexity index is 269. The average molecular weight is 257 g/mol. The third kappa shape index (κ3) is 10.1. The molecule has 0 aromatic heterocycles. The number of carboxylic acids is 1. The fourth-order valence-corrected chi connectivity index (χ4v) is 1.84. The van der Waals surface area contributed by atoms with Crippen LogP contribution in [0.2, 0.25) is 0 Å². The van der Waals surface area contributed by atoms with Crippen molar-refractivity contribution in [2.75, 3.05) is 6.54 Å². The first kappa shape index (κ1) is 16.9. The Balaban J connectivity index is 3.80. The van der Waals surface area contributed by atoms with Crippen molar-refractivity contribution in [1.29, 1.82) is 0 Å². The van der Waals surface area contributed by atoms with Crippen LogP contribution in [0.1, 0.15) is 59.8 Å². The van der Waals surface area contributed by atoms with E-state index in [2.05, 4.69) is 12.2 Å². The highest BCUT2D eigenvalue weighted by molar-refractivity contribution is 5.76. The largest absolute Gasteiger partial charge is 0.481 e. The van der Waals surface area contributed by atoms with Crippen molar-refractivity contribution < 1.29 is 14.7 Å². The topological polar surface area (TPSA) is 66.4 Å². The Morgan fingerprint density at radius 1 is 1.22 bits per heavy atom. The standard InChI is InChI=1S/C14H27NO3/c1-5-11(6-7-13(17)18)8-9-15-12(16)10-14(2,3)4/h11H,5-10H2,1-4H3,(H,15,16)(H,17,18). The monoisotopic (exact) mass is 257 g/mol. The number of carbonyl (C=O) groups is 2. The molecule has 4 nitrogen and oxygen atoms in total. The van der Waals surface area contributed by atoms with E-state index in [1.165, 1.54) is 0 Å². The summed E-state index contributed by atoms with van der Waals surface area (Å²) >= 11 is 0. The zero-order chi connectivity index (χ0) is 14.2. The molecule has 1 unspecified atom stereocenters. The van der Waals surface area contributed by atoms with Crippen LogP contribution in [0, 0.1) is 11.3 Å². The fourth-order valence-electron chi connectivity index (χ4n) is 1.84. The Morgan fingerprint density at radius 3 is 2.28 bits per heavy atom. The summed E-state index contributed by atoms with van der Waals surface area (Å²) in [6.45, 7) is 8.81. The summed E-state index contributed by atoms with van der Waals surface area (Å²) < 4.78 is 0. The number of hydrogen-bond donors (Lipinski definition) is 2. The van der Waals surface area contributed by atoms with Gasteiger partial charge < -0.3 is 10.4 Å². The van der Waals surface area contributed by atoms with Gasteiger partial charge in [0.05, 0.1) is 0 Å². The molecular weight excluding hydrogens is 230 g/mol. The third-order valence-electron chi connectivity index (χ3n) is 2.91. The lowest BCUT2D eigenvalue weighted by Crippen LogP contribution is -2.29.